The molecule has 2 aromatic carbocycles. The first kappa shape index (κ1) is 15.6. The van der Waals surface area contributed by atoms with Gasteiger partial charge in [-0.2, -0.15) is 5.10 Å². The van der Waals surface area contributed by atoms with Gasteiger partial charge in [0.1, 0.15) is 11.5 Å². The van der Waals surface area contributed by atoms with Gasteiger partial charge in [-0.25, -0.2) is 5.43 Å². The quantitative estimate of drug-likeness (QED) is 0.636. The van der Waals surface area contributed by atoms with E-state index in [2.05, 4.69) is 10.5 Å². The van der Waals surface area contributed by atoms with Crippen LogP contribution in [-0.4, -0.2) is 23.8 Å². The zero-order valence-corrected chi connectivity index (χ0v) is 12.3. The van der Waals surface area contributed by atoms with E-state index in [1.165, 1.54) is 24.3 Å². The van der Waals surface area contributed by atoms with Gasteiger partial charge in [-0.15, -0.1) is 0 Å². The maximum atomic E-state index is 11.8. The Kier molecular flexibility index (Phi) is 5.54. The van der Waals surface area contributed by atoms with Crippen molar-refractivity contribution in [1.82, 2.24) is 5.43 Å². The van der Waals surface area contributed by atoms with E-state index >= 15 is 0 Å². The molecule has 5 heteroatoms. The van der Waals surface area contributed by atoms with Crippen LogP contribution < -0.4 is 10.2 Å². The molecule has 0 saturated heterocycles. The summed E-state index contributed by atoms with van der Waals surface area (Å²) in [6.07, 6.45) is 2.50. The van der Waals surface area contributed by atoms with Crippen molar-refractivity contribution in [3.63, 3.8) is 0 Å². The predicted molar refractivity (Wildman–Crippen MR) is 85.4 cm³/mol. The van der Waals surface area contributed by atoms with Crippen LogP contribution in [0.3, 0.4) is 0 Å². The number of phenolic OH excluding ortho intramolecular Hbond substituents is 1. The Hall–Kier alpha value is -2.82. The number of hydrazone groups is 1. The smallest absolute Gasteiger partial charge is 0.271 e. The summed E-state index contributed by atoms with van der Waals surface area (Å²) in [5, 5.41) is 13.1. The number of phenols is 1. The maximum absolute atomic E-state index is 11.8. The zero-order valence-electron chi connectivity index (χ0n) is 12.3. The number of carbonyl (C=O) groups excluding carboxylic acids is 1. The van der Waals surface area contributed by atoms with Crippen molar-refractivity contribution in [1.29, 1.82) is 0 Å². The second-order valence-corrected chi connectivity index (χ2v) is 4.67. The molecule has 0 bridgehead atoms. The molecule has 0 heterocycles. The summed E-state index contributed by atoms with van der Waals surface area (Å²) in [5.41, 5.74) is 3.70. The van der Waals surface area contributed by atoms with Gasteiger partial charge in [0.25, 0.3) is 5.91 Å². The van der Waals surface area contributed by atoms with Crippen LogP contribution in [-0.2, 0) is 0 Å². The summed E-state index contributed by atoms with van der Waals surface area (Å²) >= 11 is 0. The number of aromatic hydroxyl groups is 1. The molecule has 0 aliphatic rings. The van der Waals surface area contributed by atoms with E-state index in [1.54, 1.807) is 6.21 Å². The molecule has 0 unspecified atom stereocenters. The average Bonchev–Trinajstić information content (AvgIpc) is 2.54. The first-order valence-electron chi connectivity index (χ1n) is 7.04. The molecule has 0 aliphatic heterocycles. The summed E-state index contributed by atoms with van der Waals surface area (Å²) in [6, 6.07) is 13.4. The molecule has 0 saturated carbocycles. The fraction of sp³-hybridized carbons (Fsp3) is 0.176. The molecule has 1 amide bonds. The zero-order chi connectivity index (χ0) is 15.8. The van der Waals surface area contributed by atoms with E-state index in [4.69, 9.17) is 4.74 Å². The van der Waals surface area contributed by atoms with E-state index in [0.717, 1.165) is 17.7 Å². The first-order chi connectivity index (χ1) is 10.7. The number of amides is 1. The summed E-state index contributed by atoms with van der Waals surface area (Å²) in [6.45, 7) is 2.71. The molecule has 0 aromatic heterocycles. The lowest BCUT2D eigenvalue weighted by molar-refractivity contribution is 0.0955. The van der Waals surface area contributed by atoms with Gasteiger partial charge in [-0.3, -0.25) is 4.79 Å². The minimum absolute atomic E-state index is 0.115. The molecule has 0 radical (unpaired) electrons. The third kappa shape index (κ3) is 4.63. The SMILES string of the molecule is CCCOc1cccc(/C=N/NC(=O)c2ccc(O)cc2)c1. The molecule has 114 valence electrons. The molecule has 0 spiro atoms. The largest absolute Gasteiger partial charge is 0.508 e. The van der Waals surface area contributed by atoms with Crippen molar-refractivity contribution in [3.8, 4) is 11.5 Å². The second-order valence-electron chi connectivity index (χ2n) is 4.67. The minimum Gasteiger partial charge on any atom is -0.508 e. The Bertz CT molecular complexity index is 651. The monoisotopic (exact) mass is 298 g/mol. The van der Waals surface area contributed by atoms with Crippen LogP contribution in [0.5, 0.6) is 11.5 Å². The fourth-order valence-corrected chi connectivity index (χ4v) is 1.75. The van der Waals surface area contributed by atoms with Crippen LogP contribution >= 0.6 is 0 Å². The number of benzene rings is 2. The first-order valence-corrected chi connectivity index (χ1v) is 7.04. The lowest BCUT2D eigenvalue weighted by Gasteiger charge is -2.04. The van der Waals surface area contributed by atoms with Crippen molar-refractivity contribution < 1.29 is 14.6 Å². The third-order valence-electron chi connectivity index (χ3n) is 2.84. The Morgan fingerprint density at radius 1 is 1.27 bits per heavy atom. The molecule has 0 fully saturated rings. The molecular formula is C17H18N2O3. The standard InChI is InChI=1S/C17H18N2O3/c1-2-10-22-16-5-3-4-13(11-16)12-18-19-17(21)14-6-8-15(20)9-7-14/h3-9,11-12,20H,2,10H2,1H3,(H,19,21)/b18-12+. The maximum Gasteiger partial charge on any atom is 0.271 e. The van der Waals surface area contributed by atoms with Crippen molar-refractivity contribution in [2.45, 2.75) is 13.3 Å². The van der Waals surface area contributed by atoms with E-state index in [-0.39, 0.29) is 11.7 Å². The van der Waals surface area contributed by atoms with Crippen molar-refractivity contribution in [2.24, 2.45) is 5.10 Å². The van der Waals surface area contributed by atoms with Gasteiger partial charge in [0.15, 0.2) is 0 Å². The van der Waals surface area contributed by atoms with Gasteiger partial charge >= 0.3 is 0 Å². The van der Waals surface area contributed by atoms with E-state index < -0.39 is 0 Å². The average molecular weight is 298 g/mol. The number of nitrogens with one attached hydrogen (secondary N) is 1. The summed E-state index contributed by atoms with van der Waals surface area (Å²) in [7, 11) is 0. The third-order valence-corrected chi connectivity index (χ3v) is 2.84. The number of rotatable bonds is 6. The normalized spacial score (nSPS) is 10.6. The highest BCUT2D eigenvalue weighted by molar-refractivity contribution is 5.95. The molecule has 0 aliphatic carbocycles. The lowest BCUT2D eigenvalue weighted by Crippen LogP contribution is -2.17. The van der Waals surface area contributed by atoms with Crippen LogP contribution in [0.1, 0.15) is 29.3 Å². The highest BCUT2D eigenvalue weighted by atomic mass is 16.5. The minimum atomic E-state index is -0.338. The molecule has 2 N–H and O–H groups in total. The van der Waals surface area contributed by atoms with Crippen LogP contribution in [0.2, 0.25) is 0 Å². The fourth-order valence-electron chi connectivity index (χ4n) is 1.75. The summed E-state index contributed by atoms with van der Waals surface area (Å²) in [4.78, 5) is 11.8. The van der Waals surface area contributed by atoms with Gasteiger partial charge in [0, 0.05) is 5.56 Å². The predicted octanol–water partition coefficient (Wildman–Crippen LogP) is 2.94. The van der Waals surface area contributed by atoms with Gasteiger partial charge in [-0.1, -0.05) is 19.1 Å². The molecule has 2 rings (SSSR count). The van der Waals surface area contributed by atoms with Gasteiger partial charge in [-0.05, 0) is 48.4 Å². The van der Waals surface area contributed by atoms with Crippen molar-refractivity contribution in [2.75, 3.05) is 6.61 Å². The number of carbonyl (C=O) groups is 1. The Morgan fingerprint density at radius 3 is 2.77 bits per heavy atom. The highest BCUT2D eigenvalue weighted by Gasteiger charge is 2.03. The van der Waals surface area contributed by atoms with E-state index in [9.17, 15) is 9.90 Å². The topological polar surface area (TPSA) is 70.9 Å². The van der Waals surface area contributed by atoms with Crippen molar-refractivity contribution >= 4 is 12.1 Å². The summed E-state index contributed by atoms with van der Waals surface area (Å²) < 4.78 is 5.53. The van der Waals surface area contributed by atoms with Crippen LogP contribution in [0.4, 0.5) is 0 Å². The van der Waals surface area contributed by atoms with Gasteiger partial charge in [0.05, 0.1) is 12.8 Å². The lowest BCUT2D eigenvalue weighted by atomic mass is 10.2. The van der Waals surface area contributed by atoms with Crippen LogP contribution in [0, 0.1) is 0 Å². The summed E-state index contributed by atoms with van der Waals surface area (Å²) in [5.74, 6) is 0.550. The number of hydrogen-bond donors (Lipinski definition) is 2. The number of hydrogen-bond acceptors (Lipinski definition) is 4. The van der Waals surface area contributed by atoms with E-state index in [0.29, 0.717) is 12.2 Å². The van der Waals surface area contributed by atoms with Crippen LogP contribution in [0.25, 0.3) is 0 Å². The Morgan fingerprint density at radius 2 is 2.05 bits per heavy atom. The molecular weight excluding hydrogens is 280 g/mol. The second kappa shape index (κ2) is 7.83. The van der Waals surface area contributed by atoms with Crippen LogP contribution in [0.15, 0.2) is 53.6 Å². The Labute approximate surface area is 129 Å². The van der Waals surface area contributed by atoms with Gasteiger partial charge < -0.3 is 9.84 Å². The van der Waals surface area contributed by atoms with E-state index in [1.807, 2.05) is 31.2 Å². The molecule has 5 nitrogen and oxygen atoms in total. The number of nitrogens with zero attached hydrogens (tertiary/aromatic N) is 1. The molecule has 0 atom stereocenters. The van der Waals surface area contributed by atoms with Crippen molar-refractivity contribution in [3.05, 3.63) is 59.7 Å². The molecule has 2 aromatic rings. The highest BCUT2D eigenvalue weighted by Crippen LogP contribution is 2.12. The number of ether oxygens (including phenoxy) is 1. The molecule has 22 heavy (non-hydrogen) atoms. The Balaban J connectivity index is 1.94. The van der Waals surface area contributed by atoms with Gasteiger partial charge in [0.2, 0.25) is 0 Å².